The molecule has 22 heavy (non-hydrogen) atoms. The number of nitrogens with two attached hydrogens (primary N) is 1. The smallest absolute Gasteiger partial charge is 0.227 e. The second kappa shape index (κ2) is 8.18. The minimum absolute atomic E-state index is 0.108. The third-order valence-electron chi connectivity index (χ3n) is 4.14. The summed E-state index contributed by atoms with van der Waals surface area (Å²) < 4.78 is 5.69. The Morgan fingerprint density at radius 2 is 2.09 bits per heavy atom. The molecule has 0 spiro atoms. The fourth-order valence-electron chi connectivity index (χ4n) is 3.04. The highest BCUT2D eigenvalue weighted by Crippen LogP contribution is 2.29. The van der Waals surface area contributed by atoms with Gasteiger partial charge in [-0.15, -0.1) is 0 Å². The Morgan fingerprint density at radius 1 is 1.36 bits per heavy atom. The largest absolute Gasteiger partial charge is 0.492 e. The van der Waals surface area contributed by atoms with Crippen LogP contribution in [0.4, 0.5) is 5.69 Å². The minimum atomic E-state index is 0.108. The Balaban J connectivity index is 2.09. The summed E-state index contributed by atoms with van der Waals surface area (Å²) in [7, 11) is 0. The lowest BCUT2D eigenvalue weighted by molar-refractivity contribution is -0.120. The van der Waals surface area contributed by atoms with E-state index in [4.69, 9.17) is 10.5 Å². The van der Waals surface area contributed by atoms with Gasteiger partial charge in [0.2, 0.25) is 5.91 Å². The normalized spacial score (nSPS) is 17.0. The van der Waals surface area contributed by atoms with Gasteiger partial charge in [-0.1, -0.05) is 25.3 Å². The van der Waals surface area contributed by atoms with E-state index < -0.39 is 0 Å². The molecule has 0 aromatic heterocycles. The molecule has 4 heteroatoms. The first-order valence-corrected chi connectivity index (χ1v) is 8.42. The van der Waals surface area contributed by atoms with Crippen LogP contribution in [0, 0.1) is 5.92 Å². The van der Waals surface area contributed by atoms with Crippen molar-refractivity contribution in [2.75, 3.05) is 11.9 Å². The van der Waals surface area contributed by atoms with Crippen molar-refractivity contribution in [3.63, 3.8) is 0 Å². The van der Waals surface area contributed by atoms with E-state index in [2.05, 4.69) is 5.32 Å². The van der Waals surface area contributed by atoms with E-state index in [0.29, 0.717) is 6.61 Å². The van der Waals surface area contributed by atoms with Crippen molar-refractivity contribution in [2.24, 2.45) is 11.7 Å². The van der Waals surface area contributed by atoms with Gasteiger partial charge >= 0.3 is 0 Å². The van der Waals surface area contributed by atoms with Gasteiger partial charge in [0.05, 0.1) is 12.3 Å². The Kier molecular flexibility index (Phi) is 6.25. The number of hydrogen-bond donors (Lipinski definition) is 2. The number of carbonyl (C=O) groups is 1. The maximum atomic E-state index is 12.4. The zero-order valence-corrected chi connectivity index (χ0v) is 13.7. The molecule has 0 radical (unpaired) electrons. The van der Waals surface area contributed by atoms with Gasteiger partial charge in [-0.2, -0.15) is 0 Å². The lowest BCUT2D eigenvalue weighted by Gasteiger charge is -2.22. The summed E-state index contributed by atoms with van der Waals surface area (Å²) in [5.41, 5.74) is 7.76. The summed E-state index contributed by atoms with van der Waals surface area (Å²) in [4.78, 5) is 12.4. The van der Waals surface area contributed by atoms with Crippen LogP contribution >= 0.6 is 0 Å². The zero-order chi connectivity index (χ0) is 15.9. The Labute approximate surface area is 133 Å². The van der Waals surface area contributed by atoms with Crippen molar-refractivity contribution in [2.45, 2.75) is 58.4 Å². The Morgan fingerprint density at radius 3 is 2.73 bits per heavy atom. The lowest BCUT2D eigenvalue weighted by atomic mass is 9.88. The van der Waals surface area contributed by atoms with Crippen LogP contribution in [0.5, 0.6) is 5.75 Å². The van der Waals surface area contributed by atoms with Gasteiger partial charge in [0.1, 0.15) is 5.75 Å². The third-order valence-corrected chi connectivity index (χ3v) is 4.14. The highest BCUT2D eigenvalue weighted by molar-refractivity contribution is 5.94. The lowest BCUT2D eigenvalue weighted by Crippen LogP contribution is -2.25. The molecule has 0 saturated heterocycles. The number of rotatable bonds is 6. The second-order valence-electron chi connectivity index (χ2n) is 6.27. The zero-order valence-electron chi connectivity index (χ0n) is 13.7. The van der Waals surface area contributed by atoms with Gasteiger partial charge in [0.25, 0.3) is 0 Å². The molecule has 1 unspecified atom stereocenters. The third kappa shape index (κ3) is 4.73. The predicted octanol–water partition coefficient (Wildman–Crippen LogP) is 3.49. The predicted molar refractivity (Wildman–Crippen MR) is 90.2 cm³/mol. The fraction of sp³-hybridized carbons (Fsp3) is 0.611. The molecule has 2 rings (SSSR count). The van der Waals surface area contributed by atoms with Crippen molar-refractivity contribution in [1.82, 2.24) is 0 Å². The molecular weight excluding hydrogens is 276 g/mol. The monoisotopic (exact) mass is 304 g/mol. The molecule has 1 atom stereocenters. The van der Waals surface area contributed by atoms with E-state index in [1.165, 1.54) is 6.42 Å². The van der Waals surface area contributed by atoms with E-state index in [9.17, 15) is 4.79 Å². The molecule has 1 fully saturated rings. The van der Waals surface area contributed by atoms with E-state index in [1.54, 1.807) is 0 Å². The van der Waals surface area contributed by atoms with Crippen LogP contribution in [-0.2, 0) is 11.2 Å². The van der Waals surface area contributed by atoms with Crippen molar-refractivity contribution < 1.29 is 9.53 Å². The average Bonchev–Trinajstić information content (AvgIpc) is 2.50. The van der Waals surface area contributed by atoms with Gasteiger partial charge in [0, 0.05) is 12.0 Å². The summed E-state index contributed by atoms with van der Waals surface area (Å²) in [5.74, 6) is 1.01. The summed E-state index contributed by atoms with van der Waals surface area (Å²) in [6, 6.07) is 6.05. The molecule has 0 heterocycles. The first-order chi connectivity index (χ1) is 10.6. The summed E-state index contributed by atoms with van der Waals surface area (Å²) in [6.07, 6.45) is 6.36. The molecule has 1 amide bonds. The Hall–Kier alpha value is -1.55. The maximum Gasteiger partial charge on any atom is 0.227 e. The molecule has 3 N–H and O–H groups in total. The van der Waals surface area contributed by atoms with Gasteiger partial charge in [0.15, 0.2) is 0 Å². The molecule has 4 nitrogen and oxygen atoms in total. The van der Waals surface area contributed by atoms with Crippen LogP contribution in [0.25, 0.3) is 0 Å². The van der Waals surface area contributed by atoms with Crippen molar-refractivity contribution in [3.05, 3.63) is 23.8 Å². The molecule has 122 valence electrons. The van der Waals surface area contributed by atoms with Crippen molar-refractivity contribution in [1.29, 1.82) is 0 Å². The number of benzene rings is 1. The van der Waals surface area contributed by atoms with Crippen LogP contribution in [-0.4, -0.2) is 18.6 Å². The molecule has 0 bridgehead atoms. The quantitative estimate of drug-likeness (QED) is 0.845. The van der Waals surface area contributed by atoms with Crippen LogP contribution < -0.4 is 15.8 Å². The van der Waals surface area contributed by atoms with Crippen molar-refractivity contribution >= 4 is 11.6 Å². The standard InChI is InChI=1S/C18H28N2O2/c1-3-22-17-12-14(11-13(2)19)9-10-16(17)20-18(21)15-7-5-4-6-8-15/h9-10,12-13,15H,3-8,11,19H2,1-2H3,(H,20,21). The maximum absolute atomic E-state index is 12.4. The van der Waals surface area contributed by atoms with Crippen molar-refractivity contribution in [3.8, 4) is 5.75 Å². The van der Waals surface area contributed by atoms with E-state index in [0.717, 1.165) is 49.1 Å². The second-order valence-corrected chi connectivity index (χ2v) is 6.27. The van der Waals surface area contributed by atoms with Gasteiger partial charge in [-0.05, 0) is 50.8 Å². The topological polar surface area (TPSA) is 64.3 Å². The fourth-order valence-corrected chi connectivity index (χ4v) is 3.04. The van der Waals surface area contributed by atoms with Crippen LogP contribution in [0.2, 0.25) is 0 Å². The highest BCUT2D eigenvalue weighted by atomic mass is 16.5. The molecule has 1 aromatic rings. The summed E-state index contributed by atoms with van der Waals surface area (Å²) in [5, 5.41) is 3.05. The highest BCUT2D eigenvalue weighted by Gasteiger charge is 2.22. The first-order valence-electron chi connectivity index (χ1n) is 8.42. The Bertz CT molecular complexity index is 494. The molecular formula is C18H28N2O2. The van der Waals surface area contributed by atoms with E-state index >= 15 is 0 Å². The number of anilines is 1. The number of hydrogen-bond acceptors (Lipinski definition) is 3. The molecule has 1 aliphatic rings. The van der Waals surface area contributed by atoms with Crippen LogP contribution in [0.15, 0.2) is 18.2 Å². The summed E-state index contributed by atoms with van der Waals surface area (Å²) in [6.45, 7) is 4.51. The molecule has 1 aromatic carbocycles. The molecule has 1 aliphatic carbocycles. The SMILES string of the molecule is CCOc1cc(CC(C)N)ccc1NC(=O)C1CCCCC1. The number of amides is 1. The van der Waals surface area contributed by atoms with Gasteiger partial charge < -0.3 is 15.8 Å². The van der Waals surface area contributed by atoms with Crippen LogP contribution in [0.3, 0.4) is 0 Å². The van der Waals surface area contributed by atoms with Gasteiger partial charge in [-0.25, -0.2) is 0 Å². The first kappa shape index (κ1) is 16.8. The van der Waals surface area contributed by atoms with Crippen LogP contribution in [0.1, 0.15) is 51.5 Å². The molecule has 0 aliphatic heterocycles. The number of carbonyl (C=O) groups excluding carboxylic acids is 1. The number of ether oxygens (including phenoxy) is 1. The minimum Gasteiger partial charge on any atom is -0.492 e. The van der Waals surface area contributed by atoms with E-state index in [-0.39, 0.29) is 17.9 Å². The average molecular weight is 304 g/mol. The number of nitrogens with one attached hydrogen (secondary N) is 1. The summed E-state index contributed by atoms with van der Waals surface area (Å²) >= 11 is 0. The van der Waals surface area contributed by atoms with E-state index in [1.807, 2.05) is 32.0 Å². The van der Waals surface area contributed by atoms with Gasteiger partial charge in [-0.3, -0.25) is 4.79 Å². The molecule has 1 saturated carbocycles.